The van der Waals surface area contributed by atoms with Crippen LogP contribution < -0.4 is 11.1 Å². The Morgan fingerprint density at radius 1 is 1.33 bits per heavy atom. The number of hydrogen-bond acceptors (Lipinski definition) is 9. The molecule has 160 valence electrons. The fourth-order valence-electron chi connectivity index (χ4n) is 3.54. The monoisotopic (exact) mass is 451 g/mol. The maximum atomic E-state index is 12.9. The molecule has 2 amide bonds. The molecule has 2 fully saturated rings. The molecular formula is C18H21N5O5S2. The predicted molar refractivity (Wildman–Crippen MR) is 112 cm³/mol. The zero-order chi connectivity index (χ0) is 21.3. The normalized spacial score (nSPS) is 24.5. The number of β-lactam (4-membered cyclic amide) rings is 1. The zero-order valence-electron chi connectivity index (χ0n) is 15.9. The Labute approximate surface area is 180 Å². The third kappa shape index (κ3) is 4.15. The summed E-state index contributed by atoms with van der Waals surface area (Å²) in [5.74, 6) is -1.76. The molecule has 1 aromatic rings. The van der Waals surface area contributed by atoms with Gasteiger partial charge in [-0.25, -0.2) is 9.78 Å². The molecule has 1 saturated carbocycles. The van der Waals surface area contributed by atoms with Crippen molar-refractivity contribution in [3.63, 3.8) is 0 Å². The molecule has 30 heavy (non-hydrogen) atoms. The maximum absolute atomic E-state index is 12.9. The number of rotatable bonds is 6. The molecule has 0 radical (unpaired) electrons. The van der Waals surface area contributed by atoms with E-state index in [2.05, 4.69) is 15.5 Å². The second-order valence-electron chi connectivity index (χ2n) is 7.23. The molecule has 1 aromatic heterocycles. The summed E-state index contributed by atoms with van der Waals surface area (Å²) in [7, 11) is 0. The molecule has 2 aliphatic heterocycles. The van der Waals surface area contributed by atoms with Gasteiger partial charge in [0.2, 0.25) is 0 Å². The Morgan fingerprint density at radius 2 is 2.10 bits per heavy atom. The number of aromatic nitrogens is 1. The van der Waals surface area contributed by atoms with Crippen LogP contribution in [0.15, 0.2) is 22.3 Å². The van der Waals surface area contributed by atoms with Crippen LogP contribution in [0.4, 0.5) is 5.13 Å². The average Bonchev–Trinajstić information content (AvgIpc) is 3.18. The largest absolute Gasteiger partial charge is 0.478 e. The lowest BCUT2D eigenvalue weighted by molar-refractivity contribution is -0.144. The summed E-state index contributed by atoms with van der Waals surface area (Å²) in [4.78, 5) is 47.5. The lowest BCUT2D eigenvalue weighted by Gasteiger charge is -2.46. The molecule has 1 unspecified atom stereocenters. The molecule has 0 aromatic carbocycles. The number of oxime groups is 1. The Kier molecular flexibility index (Phi) is 5.95. The number of thiazole rings is 1. The van der Waals surface area contributed by atoms with Gasteiger partial charge in [0.1, 0.15) is 23.2 Å². The smallest absolute Gasteiger partial charge is 0.333 e. The van der Waals surface area contributed by atoms with Crippen LogP contribution in [0, 0.1) is 0 Å². The molecule has 2 atom stereocenters. The summed E-state index contributed by atoms with van der Waals surface area (Å²) in [6.07, 6.45) is 6.32. The number of carboxylic acid groups (broad SMARTS) is 1. The lowest BCUT2D eigenvalue weighted by Crippen LogP contribution is -2.69. The van der Waals surface area contributed by atoms with Crippen LogP contribution >= 0.6 is 23.1 Å². The molecule has 0 bridgehead atoms. The number of carboxylic acids is 1. The number of hydrogen-bond donors (Lipinski definition) is 3. The number of nitrogens with two attached hydrogens (primary N) is 1. The predicted octanol–water partition coefficient (Wildman–Crippen LogP) is 1.15. The highest BCUT2D eigenvalue weighted by atomic mass is 32.2. The highest BCUT2D eigenvalue weighted by molar-refractivity contribution is 8.00. The van der Waals surface area contributed by atoms with E-state index in [1.807, 2.05) is 0 Å². The minimum atomic E-state index is -1.06. The van der Waals surface area contributed by atoms with Crippen molar-refractivity contribution in [2.24, 2.45) is 5.16 Å². The van der Waals surface area contributed by atoms with Crippen molar-refractivity contribution in [1.29, 1.82) is 0 Å². The van der Waals surface area contributed by atoms with E-state index in [-0.39, 0.29) is 34.4 Å². The molecule has 4 rings (SSSR count). The van der Waals surface area contributed by atoms with Gasteiger partial charge in [0.25, 0.3) is 11.8 Å². The summed E-state index contributed by atoms with van der Waals surface area (Å²) in [5.41, 5.74) is 6.12. The van der Waals surface area contributed by atoms with E-state index < -0.39 is 17.9 Å². The highest BCUT2D eigenvalue weighted by Gasteiger charge is 2.50. The average molecular weight is 452 g/mol. The van der Waals surface area contributed by atoms with Crippen molar-refractivity contribution in [1.82, 2.24) is 15.2 Å². The van der Waals surface area contributed by atoms with Gasteiger partial charge in [-0.2, -0.15) is 0 Å². The number of carbonyl (C=O) groups is 3. The van der Waals surface area contributed by atoms with Gasteiger partial charge in [0.05, 0.1) is 5.57 Å². The van der Waals surface area contributed by atoms with Crippen molar-refractivity contribution in [2.75, 3.05) is 11.5 Å². The summed E-state index contributed by atoms with van der Waals surface area (Å²) in [6.45, 7) is 0. The molecule has 0 spiro atoms. The van der Waals surface area contributed by atoms with Crippen molar-refractivity contribution >= 4 is 51.7 Å². The fourth-order valence-corrected chi connectivity index (χ4v) is 5.34. The SMILES string of the molecule is Nc1nc(C(=NOC2CCCCC2)C(=O)NC2C(=O)N3C=C(C(=O)O)CS[C@H]23)cs1. The van der Waals surface area contributed by atoms with E-state index >= 15 is 0 Å². The summed E-state index contributed by atoms with van der Waals surface area (Å²) in [6, 6.07) is -0.773. The molecule has 1 aliphatic carbocycles. The van der Waals surface area contributed by atoms with E-state index in [1.54, 1.807) is 5.38 Å². The standard InChI is InChI=1S/C18H21N5O5S2/c19-18-20-11(8-30-18)12(22-28-10-4-2-1-3-5-10)14(24)21-13-15(25)23-6-9(17(26)27)7-29-16(13)23/h6,8,10,13,16H,1-5,7H2,(H2,19,20)(H,21,24)(H,26,27)/t13?,16-/m1/s1. The Balaban J connectivity index is 1.47. The lowest BCUT2D eigenvalue weighted by atomic mass is 9.98. The number of aliphatic carboxylic acids is 1. The number of amides is 2. The minimum Gasteiger partial charge on any atom is -0.478 e. The molecule has 3 aliphatic rings. The van der Waals surface area contributed by atoms with Gasteiger partial charge in [0, 0.05) is 17.3 Å². The van der Waals surface area contributed by atoms with E-state index in [9.17, 15) is 14.4 Å². The Morgan fingerprint density at radius 3 is 2.77 bits per heavy atom. The van der Waals surface area contributed by atoms with Crippen LogP contribution in [0.1, 0.15) is 37.8 Å². The number of nitrogen functional groups attached to an aromatic ring is 1. The van der Waals surface area contributed by atoms with Gasteiger partial charge in [-0.15, -0.1) is 23.1 Å². The second kappa shape index (κ2) is 8.64. The van der Waals surface area contributed by atoms with Gasteiger partial charge < -0.3 is 25.9 Å². The van der Waals surface area contributed by atoms with Gasteiger partial charge in [-0.3, -0.25) is 9.59 Å². The van der Waals surface area contributed by atoms with Crippen LogP contribution in [0.2, 0.25) is 0 Å². The van der Waals surface area contributed by atoms with E-state index in [1.165, 1.54) is 34.2 Å². The van der Waals surface area contributed by atoms with Crippen LogP contribution in [0.25, 0.3) is 0 Å². The molecule has 12 heteroatoms. The molecule has 1 saturated heterocycles. The first-order chi connectivity index (χ1) is 14.4. The number of nitrogens with zero attached hydrogens (tertiary/aromatic N) is 3. The molecular weight excluding hydrogens is 430 g/mol. The van der Waals surface area contributed by atoms with Crippen molar-refractivity contribution in [3.8, 4) is 0 Å². The summed E-state index contributed by atoms with van der Waals surface area (Å²) < 4.78 is 0. The second-order valence-corrected chi connectivity index (χ2v) is 9.23. The van der Waals surface area contributed by atoms with Gasteiger partial charge in [-0.05, 0) is 25.7 Å². The van der Waals surface area contributed by atoms with Crippen LogP contribution in [-0.4, -0.2) is 61.8 Å². The van der Waals surface area contributed by atoms with Gasteiger partial charge >= 0.3 is 5.97 Å². The first kappa shape index (κ1) is 20.7. The third-order valence-electron chi connectivity index (χ3n) is 5.17. The number of nitrogens with one attached hydrogen (secondary N) is 1. The number of fused-ring (bicyclic) bond motifs is 1. The van der Waals surface area contributed by atoms with Crippen molar-refractivity contribution < 1.29 is 24.3 Å². The number of carbonyl (C=O) groups excluding carboxylic acids is 2. The van der Waals surface area contributed by atoms with E-state index in [0.717, 1.165) is 32.1 Å². The Hall–Kier alpha value is -2.60. The molecule has 10 nitrogen and oxygen atoms in total. The fraction of sp³-hybridized carbons (Fsp3) is 0.500. The topological polar surface area (TPSA) is 147 Å². The zero-order valence-corrected chi connectivity index (χ0v) is 17.6. The Bertz CT molecular complexity index is 924. The van der Waals surface area contributed by atoms with Crippen molar-refractivity contribution in [2.45, 2.75) is 49.6 Å². The number of anilines is 1. The summed E-state index contributed by atoms with van der Waals surface area (Å²) in [5, 5.41) is 17.4. The van der Waals surface area contributed by atoms with Crippen molar-refractivity contribution in [3.05, 3.63) is 22.8 Å². The van der Waals surface area contributed by atoms with E-state index in [4.69, 9.17) is 15.7 Å². The summed E-state index contributed by atoms with van der Waals surface area (Å²) >= 11 is 2.47. The quantitative estimate of drug-likeness (QED) is 0.331. The first-order valence-corrected chi connectivity index (χ1v) is 11.5. The maximum Gasteiger partial charge on any atom is 0.333 e. The van der Waals surface area contributed by atoms with Crippen LogP contribution in [0.5, 0.6) is 0 Å². The highest BCUT2D eigenvalue weighted by Crippen LogP contribution is 2.36. The minimum absolute atomic E-state index is 0.0256. The molecule has 3 heterocycles. The molecule has 4 N–H and O–H groups in total. The van der Waals surface area contributed by atoms with Crippen LogP contribution in [-0.2, 0) is 19.2 Å². The van der Waals surface area contributed by atoms with E-state index in [0.29, 0.717) is 10.8 Å². The number of thioether (sulfide) groups is 1. The van der Waals surface area contributed by atoms with Gasteiger partial charge in [-0.1, -0.05) is 11.6 Å². The van der Waals surface area contributed by atoms with Crippen LogP contribution in [0.3, 0.4) is 0 Å². The first-order valence-electron chi connectivity index (χ1n) is 9.58. The third-order valence-corrected chi connectivity index (χ3v) is 7.16. The van der Waals surface area contributed by atoms with Gasteiger partial charge in [0.15, 0.2) is 10.8 Å².